The summed E-state index contributed by atoms with van der Waals surface area (Å²) in [6, 6.07) is 13.5. The zero-order chi connectivity index (χ0) is 18.7. The van der Waals surface area contributed by atoms with Crippen LogP contribution in [-0.4, -0.2) is 42.3 Å². The van der Waals surface area contributed by atoms with E-state index in [-0.39, 0.29) is 4.90 Å². The maximum Gasteiger partial charge on any atom is 0.244 e. The van der Waals surface area contributed by atoms with Crippen LogP contribution in [0.3, 0.4) is 0 Å². The van der Waals surface area contributed by atoms with Crippen molar-refractivity contribution in [2.45, 2.75) is 24.2 Å². The highest BCUT2D eigenvalue weighted by molar-refractivity contribution is 7.89. The number of nitrogens with one attached hydrogen (secondary N) is 1. The molecular formula is C20H22N4O2S. The smallest absolute Gasteiger partial charge is 0.244 e. The van der Waals surface area contributed by atoms with Crippen LogP contribution in [0.25, 0.3) is 10.9 Å². The summed E-state index contributed by atoms with van der Waals surface area (Å²) in [4.78, 5) is 9.00. The maximum atomic E-state index is 12.5. The van der Waals surface area contributed by atoms with Gasteiger partial charge in [-0.25, -0.2) is 13.4 Å². The topological polar surface area (TPSA) is 75.2 Å². The molecule has 0 unspecified atom stereocenters. The van der Waals surface area contributed by atoms with Gasteiger partial charge in [-0.15, -0.1) is 0 Å². The molecule has 1 saturated heterocycles. The van der Waals surface area contributed by atoms with Gasteiger partial charge in [-0.3, -0.25) is 4.98 Å². The Labute approximate surface area is 159 Å². The maximum absolute atomic E-state index is 12.5. The molecule has 3 aromatic rings. The van der Waals surface area contributed by atoms with Gasteiger partial charge in [-0.05, 0) is 43.0 Å². The minimum atomic E-state index is -3.41. The van der Waals surface area contributed by atoms with E-state index < -0.39 is 10.0 Å². The number of fused-ring (bicyclic) bond motifs is 1. The fourth-order valence-corrected chi connectivity index (χ4v) is 4.87. The van der Waals surface area contributed by atoms with Gasteiger partial charge in [0.15, 0.2) is 0 Å². The lowest BCUT2D eigenvalue weighted by molar-refractivity contribution is 0.477. The van der Waals surface area contributed by atoms with Gasteiger partial charge < -0.3 is 5.32 Å². The summed E-state index contributed by atoms with van der Waals surface area (Å²) >= 11 is 0. The first-order valence-electron chi connectivity index (χ1n) is 9.17. The van der Waals surface area contributed by atoms with E-state index >= 15 is 0 Å². The number of para-hydroxylation sites is 1. The van der Waals surface area contributed by atoms with Crippen molar-refractivity contribution in [1.82, 2.24) is 14.3 Å². The summed E-state index contributed by atoms with van der Waals surface area (Å²) in [5, 5.41) is 4.39. The van der Waals surface area contributed by atoms with Crippen LogP contribution >= 0.6 is 0 Å². The van der Waals surface area contributed by atoms with Crippen LogP contribution in [0.5, 0.6) is 0 Å². The summed E-state index contributed by atoms with van der Waals surface area (Å²) in [5.41, 5.74) is 2.19. The van der Waals surface area contributed by atoms with Gasteiger partial charge in [0.1, 0.15) is 10.7 Å². The van der Waals surface area contributed by atoms with Crippen molar-refractivity contribution in [2.75, 3.05) is 25.0 Å². The predicted octanol–water partition coefficient (Wildman–Crippen LogP) is 3.07. The molecule has 1 N–H and O–H groups in total. The standard InChI is InChI=1S/C20H22N4O2S/c25-27(26,24-13-1-2-14-24)18-8-9-19(23-15-18)21-12-10-17-6-3-5-16-7-4-11-22-20(16)17/h3-9,11,15H,1-2,10,12-14H2,(H,21,23). The average molecular weight is 382 g/mol. The Bertz CT molecular complexity index is 1020. The van der Waals surface area contributed by atoms with Crippen molar-refractivity contribution in [3.63, 3.8) is 0 Å². The molecule has 1 aliphatic heterocycles. The van der Waals surface area contributed by atoms with Crippen LogP contribution in [-0.2, 0) is 16.4 Å². The van der Waals surface area contributed by atoms with E-state index in [0.717, 1.165) is 30.2 Å². The normalized spacial score (nSPS) is 15.3. The van der Waals surface area contributed by atoms with Crippen molar-refractivity contribution in [1.29, 1.82) is 0 Å². The van der Waals surface area contributed by atoms with Crippen molar-refractivity contribution in [2.24, 2.45) is 0 Å². The third kappa shape index (κ3) is 3.79. The molecule has 0 aliphatic carbocycles. The minimum absolute atomic E-state index is 0.258. The van der Waals surface area contributed by atoms with Gasteiger partial charge in [0.25, 0.3) is 0 Å². The molecule has 0 atom stereocenters. The van der Waals surface area contributed by atoms with Gasteiger partial charge in [-0.1, -0.05) is 24.3 Å². The second-order valence-electron chi connectivity index (χ2n) is 6.66. The number of aromatic nitrogens is 2. The third-order valence-electron chi connectivity index (χ3n) is 4.86. The van der Waals surface area contributed by atoms with Crippen molar-refractivity contribution < 1.29 is 8.42 Å². The molecule has 1 fully saturated rings. The Morgan fingerprint density at radius 2 is 1.81 bits per heavy atom. The van der Waals surface area contributed by atoms with E-state index in [2.05, 4.69) is 33.5 Å². The van der Waals surface area contributed by atoms with Crippen molar-refractivity contribution in [3.05, 3.63) is 60.4 Å². The van der Waals surface area contributed by atoms with E-state index in [9.17, 15) is 8.42 Å². The summed E-state index contributed by atoms with van der Waals surface area (Å²) in [7, 11) is -3.41. The molecule has 7 heteroatoms. The third-order valence-corrected chi connectivity index (χ3v) is 6.74. The van der Waals surface area contributed by atoms with Gasteiger partial charge >= 0.3 is 0 Å². The minimum Gasteiger partial charge on any atom is -0.370 e. The largest absolute Gasteiger partial charge is 0.370 e. The highest BCUT2D eigenvalue weighted by Gasteiger charge is 2.27. The molecule has 3 heterocycles. The van der Waals surface area contributed by atoms with Gasteiger partial charge in [0, 0.05) is 37.4 Å². The zero-order valence-corrected chi connectivity index (χ0v) is 15.8. The number of hydrogen-bond acceptors (Lipinski definition) is 5. The highest BCUT2D eigenvalue weighted by atomic mass is 32.2. The first-order valence-corrected chi connectivity index (χ1v) is 10.6. The first kappa shape index (κ1) is 17.9. The van der Waals surface area contributed by atoms with Gasteiger partial charge in [0.2, 0.25) is 10.0 Å². The zero-order valence-electron chi connectivity index (χ0n) is 15.0. The van der Waals surface area contributed by atoms with Gasteiger partial charge in [-0.2, -0.15) is 4.31 Å². The van der Waals surface area contributed by atoms with Crippen LogP contribution in [0.15, 0.2) is 59.8 Å². The Kier molecular flexibility index (Phi) is 5.05. The number of sulfonamides is 1. The number of hydrogen-bond donors (Lipinski definition) is 1. The van der Waals surface area contributed by atoms with E-state index in [1.54, 1.807) is 18.3 Å². The van der Waals surface area contributed by atoms with E-state index in [1.165, 1.54) is 16.1 Å². The lowest BCUT2D eigenvalue weighted by Gasteiger charge is -2.15. The SMILES string of the molecule is O=S(=O)(c1ccc(NCCc2cccc3cccnc23)nc1)N1CCCC1. The first-order chi connectivity index (χ1) is 13.1. The fourth-order valence-electron chi connectivity index (χ4n) is 3.41. The fraction of sp³-hybridized carbons (Fsp3) is 0.300. The predicted molar refractivity (Wildman–Crippen MR) is 106 cm³/mol. The van der Waals surface area contributed by atoms with Crippen LogP contribution in [0, 0.1) is 0 Å². The molecule has 140 valence electrons. The second kappa shape index (κ2) is 7.62. The molecule has 6 nitrogen and oxygen atoms in total. The highest BCUT2D eigenvalue weighted by Crippen LogP contribution is 2.21. The molecule has 0 spiro atoms. The number of anilines is 1. The molecule has 27 heavy (non-hydrogen) atoms. The molecule has 0 amide bonds. The summed E-state index contributed by atoms with van der Waals surface area (Å²) in [6.45, 7) is 1.89. The number of rotatable bonds is 6. The van der Waals surface area contributed by atoms with Crippen LogP contribution in [0.2, 0.25) is 0 Å². The molecule has 2 aromatic heterocycles. The lowest BCUT2D eigenvalue weighted by atomic mass is 10.1. The van der Waals surface area contributed by atoms with Gasteiger partial charge in [0.05, 0.1) is 5.52 Å². The molecule has 1 aromatic carbocycles. The van der Waals surface area contributed by atoms with Crippen LogP contribution in [0.1, 0.15) is 18.4 Å². The summed E-state index contributed by atoms with van der Waals surface area (Å²) < 4.78 is 26.6. The van der Waals surface area contributed by atoms with Crippen molar-refractivity contribution >= 4 is 26.7 Å². The summed E-state index contributed by atoms with van der Waals surface area (Å²) in [5.74, 6) is 0.670. The van der Waals surface area contributed by atoms with E-state index in [1.807, 2.05) is 12.1 Å². The number of benzene rings is 1. The van der Waals surface area contributed by atoms with E-state index in [0.29, 0.717) is 25.5 Å². The second-order valence-corrected chi connectivity index (χ2v) is 8.60. The van der Waals surface area contributed by atoms with Crippen LogP contribution in [0.4, 0.5) is 5.82 Å². The molecule has 0 saturated carbocycles. The quantitative estimate of drug-likeness (QED) is 0.709. The Balaban J connectivity index is 1.40. The Hall–Kier alpha value is -2.51. The molecule has 0 bridgehead atoms. The molecule has 1 aliphatic rings. The molecular weight excluding hydrogens is 360 g/mol. The number of pyridine rings is 2. The van der Waals surface area contributed by atoms with Crippen molar-refractivity contribution in [3.8, 4) is 0 Å². The molecule has 4 rings (SSSR count). The Morgan fingerprint density at radius 1 is 1.00 bits per heavy atom. The van der Waals surface area contributed by atoms with E-state index in [4.69, 9.17) is 0 Å². The average Bonchev–Trinajstić information content (AvgIpc) is 3.24. The summed E-state index contributed by atoms with van der Waals surface area (Å²) in [6.07, 6.45) is 5.91. The monoisotopic (exact) mass is 382 g/mol. The molecule has 0 radical (unpaired) electrons. The van der Waals surface area contributed by atoms with Crippen LogP contribution < -0.4 is 5.32 Å². The lowest BCUT2D eigenvalue weighted by Crippen LogP contribution is -2.27. The Morgan fingerprint density at radius 3 is 2.59 bits per heavy atom. The number of nitrogens with zero attached hydrogens (tertiary/aromatic N) is 3.